The summed E-state index contributed by atoms with van der Waals surface area (Å²) >= 11 is 3.48. The van der Waals surface area contributed by atoms with E-state index < -0.39 is 0 Å². The van der Waals surface area contributed by atoms with Crippen molar-refractivity contribution in [3.63, 3.8) is 0 Å². The molecule has 0 heterocycles. The van der Waals surface area contributed by atoms with Crippen LogP contribution in [0.15, 0.2) is 22.7 Å². The van der Waals surface area contributed by atoms with Crippen molar-refractivity contribution in [2.75, 3.05) is 6.54 Å². The van der Waals surface area contributed by atoms with Crippen molar-refractivity contribution in [3.8, 4) is 0 Å². The van der Waals surface area contributed by atoms with Gasteiger partial charge in [-0.05, 0) is 68.1 Å². The maximum absolute atomic E-state index is 12.3. The van der Waals surface area contributed by atoms with Crippen LogP contribution >= 0.6 is 15.9 Å². The summed E-state index contributed by atoms with van der Waals surface area (Å²) in [5, 5.41) is 3.15. The van der Waals surface area contributed by atoms with Crippen molar-refractivity contribution in [3.05, 3.63) is 33.8 Å². The molecule has 0 spiro atoms. The molecule has 1 amide bonds. The summed E-state index contributed by atoms with van der Waals surface area (Å²) in [4.78, 5) is 12.3. The van der Waals surface area contributed by atoms with Gasteiger partial charge >= 0.3 is 0 Å². The molecule has 2 fully saturated rings. The minimum atomic E-state index is 0.0742. The van der Waals surface area contributed by atoms with Crippen molar-refractivity contribution in [2.45, 2.75) is 32.6 Å². The van der Waals surface area contributed by atoms with Crippen LogP contribution in [0, 0.1) is 24.7 Å². The van der Waals surface area contributed by atoms with E-state index in [4.69, 9.17) is 0 Å². The summed E-state index contributed by atoms with van der Waals surface area (Å²) in [5.74, 6) is 2.58. The standard InChI is InChI=1S/C16H20BrNO/c1-10-13(3-2-4-15(10)17)16(19)18-9-14(11-5-6-11)12-7-8-12/h2-4,11-12,14H,5-9H2,1H3,(H,18,19). The fraction of sp³-hybridized carbons (Fsp3) is 0.562. The van der Waals surface area contributed by atoms with Crippen LogP contribution in [0.5, 0.6) is 0 Å². The normalized spacial score (nSPS) is 18.7. The third-order valence-corrected chi connectivity index (χ3v) is 5.32. The Kier molecular flexibility index (Phi) is 3.66. The molecule has 0 bridgehead atoms. The molecule has 0 aromatic heterocycles. The van der Waals surface area contributed by atoms with E-state index in [-0.39, 0.29) is 5.91 Å². The number of nitrogens with one attached hydrogen (secondary N) is 1. The van der Waals surface area contributed by atoms with Crippen LogP contribution < -0.4 is 5.32 Å². The molecule has 0 aliphatic heterocycles. The molecule has 102 valence electrons. The lowest BCUT2D eigenvalue weighted by Gasteiger charge is -2.17. The second-order valence-electron chi connectivity index (χ2n) is 5.96. The van der Waals surface area contributed by atoms with Gasteiger partial charge in [0.2, 0.25) is 0 Å². The first-order valence-corrected chi connectivity index (χ1v) is 7.99. The fourth-order valence-electron chi connectivity index (χ4n) is 2.93. The average molecular weight is 322 g/mol. The van der Waals surface area contributed by atoms with Gasteiger partial charge in [0.15, 0.2) is 0 Å². The maximum atomic E-state index is 12.3. The molecule has 2 nitrogen and oxygen atoms in total. The van der Waals surface area contributed by atoms with E-state index in [0.717, 1.165) is 39.9 Å². The van der Waals surface area contributed by atoms with Crippen LogP contribution in [0.1, 0.15) is 41.6 Å². The molecule has 2 aliphatic rings. The number of carbonyl (C=O) groups excluding carboxylic acids is 1. The van der Waals surface area contributed by atoms with E-state index in [9.17, 15) is 4.79 Å². The molecule has 3 heteroatoms. The molecule has 1 aromatic carbocycles. The predicted molar refractivity (Wildman–Crippen MR) is 80.2 cm³/mol. The highest BCUT2D eigenvalue weighted by Gasteiger charge is 2.41. The highest BCUT2D eigenvalue weighted by molar-refractivity contribution is 9.10. The highest BCUT2D eigenvalue weighted by Crippen LogP contribution is 2.48. The van der Waals surface area contributed by atoms with Crippen LogP contribution in [0.25, 0.3) is 0 Å². The molecule has 0 atom stereocenters. The molecular formula is C16H20BrNO. The monoisotopic (exact) mass is 321 g/mol. The SMILES string of the molecule is Cc1c(Br)cccc1C(=O)NCC(C1CC1)C1CC1. The second kappa shape index (κ2) is 5.28. The van der Waals surface area contributed by atoms with Crippen molar-refractivity contribution in [2.24, 2.45) is 17.8 Å². The quantitative estimate of drug-likeness (QED) is 0.874. The Hall–Kier alpha value is -0.830. The van der Waals surface area contributed by atoms with E-state index in [0.29, 0.717) is 0 Å². The summed E-state index contributed by atoms with van der Waals surface area (Å²) in [6.07, 6.45) is 5.47. The van der Waals surface area contributed by atoms with E-state index in [2.05, 4.69) is 21.2 Å². The van der Waals surface area contributed by atoms with E-state index in [1.54, 1.807) is 0 Å². The Morgan fingerprint density at radius 3 is 2.53 bits per heavy atom. The lowest BCUT2D eigenvalue weighted by molar-refractivity contribution is 0.0942. The van der Waals surface area contributed by atoms with E-state index in [1.807, 2.05) is 25.1 Å². The minimum Gasteiger partial charge on any atom is -0.352 e. The summed E-state index contributed by atoms with van der Waals surface area (Å²) in [6.45, 7) is 2.85. The first-order chi connectivity index (χ1) is 9.16. The Morgan fingerprint density at radius 2 is 1.95 bits per heavy atom. The number of hydrogen-bond donors (Lipinski definition) is 1. The van der Waals surface area contributed by atoms with Gasteiger partial charge in [-0.3, -0.25) is 4.79 Å². The number of rotatable bonds is 5. The lowest BCUT2D eigenvalue weighted by atomic mass is 9.97. The van der Waals surface area contributed by atoms with Crippen molar-refractivity contribution < 1.29 is 4.79 Å². The van der Waals surface area contributed by atoms with E-state index in [1.165, 1.54) is 25.7 Å². The topological polar surface area (TPSA) is 29.1 Å². The van der Waals surface area contributed by atoms with Crippen LogP contribution in [0.4, 0.5) is 0 Å². The van der Waals surface area contributed by atoms with Gasteiger partial charge in [-0.15, -0.1) is 0 Å². The number of hydrogen-bond acceptors (Lipinski definition) is 1. The van der Waals surface area contributed by atoms with Gasteiger partial charge in [0.05, 0.1) is 0 Å². The van der Waals surface area contributed by atoms with E-state index >= 15 is 0 Å². The Balaban J connectivity index is 1.62. The lowest BCUT2D eigenvalue weighted by Crippen LogP contribution is -2.31. The van der Waals surface area contributed by atoms with Gasteiger partial charge in [-0.2, -0.15) is 0 Å². The van der Waals surface area contributed by atoms with Gasteiger partial charge in [-0.1, -0.05) is 22.0 Å². The molecule has 19 heavy (non-hydrogen) atoms. The molecule has 0 radical (unpaired) electrons. The molecule has 0 saturated heterocycles. The zero-order valence-electron chi connectivity index (χ0n) is 11.3. The first kappa shape index (κ1) is 13.2. The van der Waals surface area contributed by atoms with Crippen LogP contribution in [0.2, 0.25) is 0 Å². The highest BCUT2D eigenvalue weighted by atomic mass is 79.9. The third kappa shape index (κ3) is 3.02. The average Bonchev–Trinajstić information content (AvgIpc) is 3.26. The summed E-state index contributed by atoms with van der Waals surface area (Å²) in [7, 11) is 0. The molecule has 2 aliphatic carbocycles. The van der Waals surface area contributed by atoms with Gasteiger partial charge in [0, 0.05) is 16.6 Å². The maximum Gasteiger partial charge on any atom is 0.251 e. The fourth-order valence-corrected chi connectivity index (χ4v) is 3.29. The van der Waals surface area contributed by atoms with Crippen molar-refractivity contribution >= 4 is 21.8 Å². The zero-order valence-corrected chi connectivity index (χ0v) is 12.9. The number of carbonyl (C=O) groups is 1. The Labute approximate surface area is 123 Å². The number of amides is 1. The van der Waals surface area contributed by atoms with Crippen LogP contribution in [-0.4, -0.2) is 12.5 Å². The molecule has 0 unspecified atom stereocenters. The first-order valence-electron chi connectivity index (χ1n) is 7.20. The smallest absolute Gasteiger partial charge is 0.251 e. The molecule has 3 rings (SSSR count). The Bertz CT molecular complexity index is 480. The third-order valence-electron chi connectivity index (χ3n) is 4.47. The van der Waals surface area contributed by atoms with Gasteiger partial charge in [0.25, 0.3) is 5.91 Å². The predicted octanol–water partition coefficient (Wildman–Crippen LogP) is 3.92. The van der Waals surface area contributed by atoms with Crippen LogP contribution in [-0.2, 0) is 0 Å². The largest absolute Gasteiger partial charge is 0.352 e. The van der Waals surface area contributed by atoms with Gasteiger partial charge in [0.1, 0.15) is 0 Å². The summed E-state index contributed by atoms with van der Waals surface area (Å²) in [5.41, 5.74) is 1.81. The van der Waals surface area contributed by atoms with Gasteiger partial charge < -0.3 is 5.32 Å². The molecule has 1 aromatic rings. The van der Waals surface area contributed by atoms with Crippen molar-refractivity contribution in [1.82, 2.24) is 5.32 Å². The molecular weight excluding hydrogens is 302 g/mol. The second-order valence-corrected chi connectivity index (χ2v) is 6.82. The minimum absolute atomic E-state index is 0.0742. The number of halogens is 1. The van der Waals surface area contributed by atoms with Crippen LogP contribution in [0.3, 0.4) is 0 Å². The summed E-state index contributed by atoms with van der Waals surface area (Å²) < 4.78 is 1.00. The Morgan fingerprint density at radius 1 is 1.32 bits per heavy atom. The number of benzene rings is 1. The molecule has 1 N–H and O–H groups in total. The molecule has 2 saturated carbocycles. The summed E-state index contributed by atoms with van der Waals surface area (Å²) in [6, 6.07) is 5.80. The van der Waals surface area contributed by atoms with Crippen molar-refractivity contribution in [1.29, 1.82) is 0 Å². The zero-order chi connectivity index (χ0) is 13.4. The van der Waals surface area contributed by atoms with Gasteiger partial charge in [-0.25, -0.2) is 0 Å².